The summed E-state index contributed by atoms with van der Waals surface area (Å²) in [6.07, 6.45) is 5.56. The molecule has 0 aliphatic carbocycles. The highest BCUT2D eigenvalue weighted by Crippen LogP contribution is 2.28. The molecule has 0 spiro atoms. The number of carbonyl (C=O) groups is 1. The number of carbonyl (C=O) groups excluding carboxylic acids is 1. The number of benzene rings is 1. The van der Waals surface area contributed by atoms with E-state index in [-0.39, 0.29) is 16.9 Å². The van der Waals surface area contributed by atoms with Crippen molar-refractivity contribution in [3.63, 3.8) is 0 Å². The van der Waals surface area contributed by atoms with E-state index in [1.807, 2.05) is 15.4 Å². The van der Waals surface area contributed by atoms with Crippen molar-refractivity contribution in [3.8, 4) is 0 Å². The molecule has 2 unspecified atom stereocenters. The zero-order valence-corrected chi connectivity index (χ0v) is 23.1. The van der Waals surface area contributed by atoms with Crippen molar-refractivity contribution in [2.24, 2.45) is 7.05 Å². The summed E-state index contributed by atoms with van der Waals surface area (Å²) in [5, 5.41) is 7.49. The molecule has 10 nitrogen and oxygen atoms in total. The number of nitrogens with one attached hydrogen (secondary N) is 2. The van der Waals surface area contributed by atoms with Crippen LogP contribution >= 0.6 is 0 Å². The van der Waals surface area contributed by atoms with Gasteiger partial charge in [0.25, 0.3) is 11.5 Å². The molecule has 5 aromatic rings. The average molecular weight is 537 g/mol. The molecule has 0 saturated carbocycles. The van der Waals surface area contributed by atoms with Gasteiger partial charge >= 0.3 is 0 Å². The van der Waals surface area contributed by atoms with Crippen LogP contribution in [-0.2, 0) is 12.5 Å². The van der Waals surface area contributed by atoms with Gasteiger partial charge < -0.3 is 20.1 Å². The van der Waals surface area contributed by atoms with Crippen molar-refractivity contribution in [3.05, 3.63) is 70.3 Å². The highest BCUT2D eigenvalue weighted by molar-refractivity contribution is 5.94. The number of hydrogen-bond donors (Lipinski definition) is 2. The Bertz CT molecular complexity index is 1850. The molecule has 204 valence electrons. The van der Waals surface area contributed by atoms with Crippen molar-refractivity contribution in [1.82, 2.24) is 34.1 Å². The van der Waals surface area contributed by atoms with E-state index < -0.39 is 0 Å². The second kappa shape index (κ2) is 8.85. The monoisotopic (exact) mass is 536 g/mol. The molecule has 2 aliphatic rings. The number of amides is 1. The van der Waals surface area contributed by atoms with Gasteiger partial charge in [0, 0.05) is 50.0 Å². The number of fused-ring (bicyclic) bond motifs is 7. The van der Waals surface area contributed by atoms with Gasteiger partial charge in [0.05, 0.1) is 16.6 Å². The summed E-state index contributed by atoms with van der Waals surface area (Å²) in [5.74, 6) is 0.906. The lowest BCUT2D eigenvalue weighted by Gasteiger charge is -2.32. The quantitative estimate of drug-likeness (QED) is 0.362. The predicted molar refractivity (Wildman–Crippen MR) is 155 cm³/mol. The molecule has 40 heavy (non-hydrogen) atoms. The molecule has 2 atom stereocenters. The maximum atomic E-state index is 13.3. The minimum Gasteiger partial charge on any atom is -0.335 e. The number of hydrogen-bond acceptors (Lipinski definition) is 7. The van der Waals surface area contributed by atoms with E-state index in [1.54, 1.807) is 36.1 Å². The molecular weight excluding hydrogens is 504 g/mol. The third-order valence-electron chi connectivity index (χ3n) is 8.26. The average Bonchev–Trinajstić information content (AvgIpc) is 3.49. The van der Waals surface area contributed by atoms with Gasteiger partial charge in [0.2, 0.25) is 5.95 Å². The van der Waals surface area contributed by atoms with Crippen LogP contribution in [0.25, 0.3) is 27.6 Å². The summed E-state index contributed by atoms with van der Waals surface area (Å²) in [6, 6.07) is 12.4. The number of aromatic nitrogens is 5. The van der Waals surface area contributed by atoms with E-state index >= 15 is 0 Å². The molecule has 2 saturated heterocycles. The second-order valence-electron chi connectivity index (χ2n) is 12.1. The summed E-state index contributed by atoms with van der Waals surface area (Å²) < 4.78 is 3.60. The molecule has 6 heterocycles. The first-order valence-corrected chi connectivity index (χ1v) is 13.8. The molecule has 2 aliphatic heterocycles. The fourth-order valence-corrected chi connectivity index (χ4v) is 6.03. The van der Waals surface area contributed by atoms with E-state index in [0.717, 1.165) is 47.9 Å². The lowest BCUT2D eigenvalue weighted by Crippen LogP contribution is -2.53. The minimum absolute atomic E-state index is 0.0119. The van der Waals surface area contributed by atoms with Gasteiger partial charge in [-0.2, -0.15) is 4.98 Å². The first kappa shape index (κ1) is 24.7. The Balaban J connectivity index is 1.22. The van der Waals surface area contributed by atoms with E-state index in [9.17, 15) is 9.59 Å². The fourth-order valence-electron chi connectivity index (χ4n) is 6.03. The first-order chi connectivity index (χ1) is 19.2. The van der Waals surface area contributed by atoms with Gasteiger partial charge in [-0.15, -0.1) is 0 Å². The van der Waals surface area contributed by atoms with Gasteiger partial charge in [-0.3, -0.25) is 14.0 Å². The van der Waals surface area contributed by atoms with Crippen LogP contribution in [0.15, 0.2) is 53.6 Å². The Morgan fingerprint density at radius 2 is 1.75 bits per heavy atom. The zero-order valence-electron chi connectivity index (χ0n) is 23.1. The van der Waals surface area contributed by atoms with Crippen LogP contribution in [0.3, 0.4) is 0 Å². The van der Waals surface area contributed by atoms with Gasteiger partial charge in [-0.05, 0) is 54.2 Å². The van der Waals surface area contributed by atoms with E-state index in [1.165, 1.54) is 0 Å². The van der Waals surface area contributed by atoms with Crippen LogP contribution in [0.1, 0.15) is 49.5 Å². The summed E-state index contributed by atoms with van der Waals surface area (Å²) in [7, 11) is 1.81. The van der Waals surface area contributed by atoms with Crippen LogP contribution in [0.4, 0.5) is 11.8 Å². The highest BCUT2D eigenvalue weighted by atomic mass is 16.2. The molecule has 0 radical (unpaired) electrons. The number of rotatable bonds is 3. The molecule has 10 heteroatoms. The molecule has 2 bridgehead atoms. The number of nitrogens with zero attached hydrogens (tertiary/aromatic N) is 6. The van der Waals surface area contributed by atoms with E-state index in [0.29, 0.717) is 40.6 Å². The Hall–Kier alpha value is -4.31. The van der Waals surface area contributed by atoms with Crippen LogP contribution in [0.2, 0.25) is 0 Å². The maximum Gasteiger partial charge on any atom is 0.275 e. The van der Waals surface area contributed by atoms with Crippen molar-refractivity contribution in [2.75, 3.05) is 18.4 Å². The standard InChI is InChI=1S/C30H32N8O2/c1-30(2,3)19-6-9-22-23(12-19)36(4)28(40)24-11-18-14-32-29(35-26(18)38(22)24)34-25-10-5-17(13-31-25)27(39)37-15-20-7-8-21(16-37)33-20/h5-6,9-14,20-21,33H,7-8,15-16H2,1-4H3,(H,31,32,34,35). The number of aryl methyl sites for hydroxylation is 1. The SMILES string of the molecule is Cn1c(=O)c2cc3cnc(Nc4ccc(C(=O)N5CC6CCC(C5)N6)cn4)nc3n2c2ccc(C(C)(C)C)cc21. The molecule has 4 aromatic heterocycles. The van der Waals surface area contributed by atoms with Crippen LogP contribution < -0.4 is 16.2 Å². The number of anilines is 2. The Morgan fingerprint density at radius 1 is 0.975 bits per heavy atom. The Kier molecular flexibility index (Phi) is 5.47. The summed E-state index contributed by atoms with van der Waals surface area (Å²) in [5.41, 5.74) is 4.50. The topological polar surface area (TPSA) is 109 Å². The van der Waals surface area contributed by atoms with Gasteiger partial charge in [0.1, 0.15) is 11.3 Å². The summed E-state index contributed by atoms with van der Waals surface area (Å²) in [6.45, 7) is 7.96. The van der Waals surface area contributed by atoms with Gasteiger partial charge in [0.15, 0.2) is 5.65 Å². The lowest BCUT2D eigenvalue weighted by molar-refractivity contribution is 0.0697. The van der Waals surface area contributed by atoms with Crippen LogP contribution in [0.5, 0.6) is 0 Å². The van der Waals surface area contributed by atoms with E-state index in [2.05, 4.69) is 59.6 Å². The van der Waals surface area contributed by atoms with Crippen molar-refractivity contribution < 1.29 is 4.79 Å². The Morgan fingerprint density at radius 3 is 2.45 bits per heavy atom. The molecule has 2 fully saturated rings. The van der Waals surface area contributed by atoms with Crippen molar-refractivity contribution >= 4 is 45.3 Å². The normalized spacial score (nSPS) is 19.1. The Labute approximate surface area is 231 Å². The molecule has 1 aromatic carbocycles. The summed E-state index contributed by atoms with van der Waals surface area (Å²) >= 11 is 0. The lowest BCUT2D eigenvalue weighted by atomic mass is 9.87. The molecule has 2 N–H and O–H groups in total. The molecule has 7 rings (SSSR count). The molecular formula is C30H32N8O2. The maximum absolute atomic E-state index is 13.3. The third kappa shape index (κ3) is 4.02. The number of piperazine rings is 1. The first-order valence-electron chi connectivity index (χ1n) is 13.8. The predicted octanol–water partition coefficient (Wildman–Crippen LogP) is 3.75. The minimum atomic E-state index is -0.0921. The smallest absolute Gasteiger partial charge is 0.275 e. The number of pyridine rings is 1. The third-order valence-corrected chi connectivity index (χ3v) is 8.26. The van der Waals surface area contributed by atoms with Crippen molar-refractivity contribution in [1.29, 1.82) is 0 Å². The van der Waals surface area contributed by atoms with Gasteiger partial charge in [-0.25, -0.2) is 9.97 Å². The summed E-state index contributed by atoms with van der Waals surface area (Å²) in [4.78, 5) is 42.0. The van der Waals surface area contributed by atoms with Crippen LogP contribution in [-0.4, -0.2) is 59.9 Å². The largest absolute Gasteiger partial charge is 0.335 e. The van der Waals surface area contributed by atoms with Gasteiger partial charge in [-0.1, -0.05) is 26.8 Å². The van der Waals surface area contributed by atoms with Crippen LogP contribution in [0, 0.1) is 0 Å². The van der Waals surface area contributed by atoms with E-state index in [4.69, 9.17) is 4.98 Å². The fraction of sp³-hybridized carbons (Fsp3) is 0.367. The highest BCUT2D eigenvalue weighted by Gasteiger charge is 2.34. The zero-order chi connectivity index (χ0) is 27.8. The number of likely N-dealkylation sites (tertiary alicyclic amines) is 1. The second-order valence-corrected chi connectivity index (χ2v) is 12.1. The van der Waals surface area contributed by atoms with Crippen molar-refractivity contribution in [2.45, 2.75) is 51.1 Å². The molecule has 1 amide bonds.